The number of rotatable bonds is 3. The first-order chi connectivity index (χ1) is 30.0. The van der Waals surface area contributed by atoms with Crippen LogP contribution in [0.5, 0.6) is 11.5 Å². The minimum Gasteiger partial charge on any atom is -0.458 e. The monoisotopic (exact) mass is 799 g/mol. The van der Waals surface area contributed by atoms with Gasteiger partial charge in [0.1, 0.15) is 11.5 Å². The highest BCUT2D eigenvalue weighted by Gasteiger charge is 2.48. The molecule has 0 unspecified atom stereocenters. The summed E-state index contributed by atoms with van der Waals surface area (Å²) in [5.41, 5.74) is 20.6. The zero-order valence-electron chi connectivity index (χ0n) is 36.1. The molecule has 298 valence electrons. The fraction of sp³-hybridized carbons (Fsp3) is 0.143. The van der Waals surface area contributed by atoms with Crippen LogP contribution >= 0.6 is 0 Å². The van der Waals surface area contributed by atoms with Crippen molar-refractivity contribution in [3.63, 3.8) is 0 Å². The first-order valence-corrected chi connectivity index (χ1v) is 22.0. The van der Waals surface area contributed by atoms with E-state index in [2.05, 4.69) is 232 Å². The molecular formula is C56H47B2N3O. The van der Waals surface area contributed by atoms with Gasteiger partial charge in [0.15, 0.2) is 0 Å². The van der Waals surface area contributed by atoms with Crippen molar-refractivity contribution in [2.24, 2.45) is 0 Å². The average molecular weight is 800 g/mol. The molecule has 0 bridgehead atoms. The van der Waals surface area contributed by atoms with E-state index in [0.29, 0.717) is 0 Å². The Bertz CT molecular complexity index is 3100. The Labute approximate surface area is 366 Å². The molecule has 4 aliphatic rings. The zero-order valence-corrected chi connectivity index (χ0v) is 36.1. The third kappa shape index (κ3) is 5.42. The Balaban J connectivity index is 1.17. The van der Waals surface area contributed by atoms with Gasteiger partial charge in [-0.05, 0) is 128 Å². The van der Waals surface area contributed by atoms with Gasteiger partial charge >= 0.3 is 0 Å². The summed E-state index contributed by atoms with van der Waals surface area (Å²) in [4.78, 5) is 7.47. The highest BCUT2D eigenvalue weighted by atomic mass is 16.5. The van der Waals surface area contributed by atoms with Crippen molar-refractivity contribution in [3.05, 3.63) is 187 Å². The van der Waals surface area contributed by atoms with Gasteiger partial charge in [0.2, 0.25) is 0 Å². The predicted octanol–water partition coefficient (Wildman–Crippen LogP) is 10.8. The molecule has 0 amide bonds. The van der Waals surface area contributed by atoms with Crippen molar-refractivity contribution in [1.82, 2.24) is 0 Å². The first-order valence-electron chi connectivity index (χ1n) is 22.0. The topological polar surface area (TPSA) is 19.0 Å². The lowest BCUT2D eigenvalue weighted by molar-refractivity contribution is 0.483. The van der Waals surface area contributed by atoms with Gasteiger partial charge in [0, 0.05) is 57.3 Å². The zero-order chi connectivity index (χ0) is 42.1. The SMILES string of the molecule is CC(C)(C)c1cc2c3c(c1)N(c1ccccc1)c1ccccc1B3c1cc3c(cc1O2)N(c1ccccc1)c1cc(C(C)(C)C)cc2c1B3c1ccccc1N2c1ccccc1. The summed E-state index contributed by atoms with van der Waals surface area (Å²) in [6.45, 7) is 13.8. The quantitative estimate of drug-likeness (QED) is 0.166. The number of anilines is 9. The number of hydrogen-bond acceptors (Lipinski definition) is 4. The normalized spacial score (nSPS) is 14.3. The number of fused-ring (bicyclic) bond motifs is 8. The molecule has 0 aliphatic carbocycles. The van der Waals surface area contributed by atoms with E-state index in [9.17, 15) is 0 Å². The van der Waals surface area contributed by atoms with Gasteiger partial charge in [-0.1, -0.05) is 139 Å². The molecule has 4 heterocycles. The van der Waals surface area contributed by atoms with Gasteiger partial charge in [-0.25, -0.2) is 0 Å². The van der Waals surface area contributed by atoms with Gasteiger partial charge in [0.25, 0.3) is 13.4 Å². The van der Waals surface area contributed by atoms with Crippen molar-refractivity contribution in [2.45, 2.75) is 52.4 Å². The summed E-state index contributed by atoms with van der Waals surface area (Å²) in [6.07, 6.45) is 0. The maximum atomic E-state index is 7.36. The van der Waals surface area contributed by atoms with Crippen LogP contribution in [0.25, 0.3) is 0 Å². The summed E-state index contributed by atoms with van der Waals surface area (Å²) in [6, 6.07) is 65.3. The molecule has 4 aliphatic heterocycles. The fourth-order valence-corrected chi connectivity index (χ4v) is 10.6. The molecule has 0 aromatic heterocycles. The Hall–Kier alpha value is -6.91. The van der Waals surface area contributed by atoms with Gasteiger partial charge in [-0.2, -0.15) is 0 Å². The molecule has 6 heteroatoms. The lowest BCUT2D eigenvalue weighted by atomic mass is 9.30. The second kappa shape index (κ2) is 13.3. The third-order valence-electron chi connectivity index (χ3n) is 13.6. The van der Waals surface area contributed by atoms with E-state index in [-0.39, 0.29) is 24.3 Å². The van der Waals surface area contributed by atoms with Crippen molar-refractivity contribution < 1.29 is 4.74 Å². The molecule has 8 aromatic rings. The van der Waals surface area contributed by atoms with Gasteiger partial charge in [-0.3, -0.25) is 0 Å². The van der Waals surface area contributed by atoms with Crippen LogP contribution in [0.1, 0.15) is 52.7 Å². The van der Waals surface area contributed by atoms with E-state index < -0.39 is 0 Å². The van der Waals surface area contributed by atoms with Gasteiger partial charge < -0.3 is 19.4 Å². The van der Waals surface area contributed by atoms with Crippen LogP contribution in [0.3, 0.4) is 0 Å². The van der Waals surface area contributed by atoms with E-state index in [0.717, 1.165) is 34.2 Å². The van der Waals surface area contributed by atoms with Crippen LogP contribution in [0.4, 0.5) is 51.2 Å². The molecule has 12 rings (SSSR count). The average Bonchev–Trinajstić information content (AvgIpc) is 3.28. The van der Waals surface area contributed by atoms with Crippen LogP contribution in [-0.4, -0.2) is 13.4 Å². The summed E-state index contributed by atoms with van der Waals surface area (Å²) in [7, 11) is 0. The van der Waals surface area contributed by atoms with Crippen LogP contribution < -0.4 is 52.2 Å². The maximum Gasteiger partial charge on any atom is 0.256 e. The molecule has 4 nitrogen and oxygen atoms in total. The minimum atomic E-state index is -0.101. The molecule has 8 aromatic carbocycles. The van der Waals surface area contributed by atoms with E-state index in [1.54, 1.807) is 0 Å². The Kier molecular flexibility index (Phi) is 7.91. The predicted molar refractivity (Wildman–Crippen MR) is 264 cm³/mol. The highest BCUT2D eigenvalue weighted by Crippen LogP contribution is 2.48. The van der Waals surface area contributed by atoms with Crippen LogP contribution in [0.2, 0.25) is 0 Å². The smallest absolute Gasteiger partial charge is 0.256 e. The molecule has 0 spiro atoms. The number of nitrogens with zero attached hydrogens (tertiary/aromatic N) is 3. The van der Waals surface area contributed by atoms with Crippen LogP contribution in [-0.2, 0) is 10.8 Å². The van der Waals surface area contributed by atoms with Crippen molar-refractivity contribution in [1.29, 1.82) is 0 Å². The van der Waals surface area contributed by atoms with E-state index >= 15 is 0 Å². The third-order valence-corrected chi connectivity index (χ3v) is 13.6. The van der Waals surface area contributed by atoms with E-state index in [1.165, 1.54) is 72.3 Å². The van der Waals surface area contributed by atoms with E-state index in [4.69, 9.17) is 4.74 Å². The Morgan fingerprint density at radius 1 is 0.339 bits per heavy atom. The Morgan fingerprint density at radius 2 is 0.742 bits per heavy atom. The molecule has 0 fully saturated rings. The van der Waals surface area contributed by atoms with Crippen molar-refractivity contribution in [3.8, 4) is 11.5 Å². The van der Waals surface area contributed by atoms with E-state index in [1.807, 2.05) is 0 Å². The van der Waals surface area contributed by atoms with Crippen LogP contribution in [0, 0.1) is 0 Å². The Morgan fingerprint density at radius 3 is 1.23 bits per heavy atom. The fourth-order valence-electron chi connectivity index (χ4n) is 10.6. The number of para-hydroxylation sites is 5. The van der Waals surface area contributed by atoms with Gasteiger partial charge in [0.05, 0.1) is 0 Å². The molecule has 0 N–H and O–H groups in total. The summed E-state index contributed by atoms with van der Waals surface area (Å²) < 4.78 is 7.36. The standard InChI is InChI=1S/C56H47B2N3O/c1-55(2,3)36-30-48-53-49(31-36)61(40-24-14-9-15-25-40)47-35-51-44(34-43(47)57(53)41-26-16-18-28-45(41)59(48)38-20-10-7-11-21-38)58-42-27-17-19-29-46(42)60(39-22-12-8-13-23-39)50-32-37(56(4,5)6)33-52(62-51)54(50)58/h7-35H,1-6H3. The second-order valence-electron chi connectivity index (χ2n) is 19.4. The lowest BCUT2D eigenvalue weighted by Crippen LogP contribution is -2.64. The number of hydrogen-bond donors (Lipinski definition) is 0. The first kappa shape index (κ1) is 36.9. The van der Waals surface area contributed by atoms with Crippen molar-refractivity contribution in [2.75, 3.05) is 14.7 Å². The lowest BCUT2D eigenvalue weighted by Gasteiger charge is -2.46. The molecule has 0 saturated heterocycles. The minimum absolute atomic E-state index is 0.0192. The molecule has 0 atom stereocenters. The van der Waals surface area contributed by atoms with Gasteiger partial charge in [-0.15, -0.1) is 0 Å². The molecule has 0 radical (unpaired) electrons. The molecule has 62 heavy (non-hydrogen) atoms. The van der Waals surface area contributed by atoms with Crippen LogP contribution in [0.15, 0.2) is 176 Å². The maximum absolute atomic E-state index is 7.36. The summed E-state index contributed by atoms with van der Waals surface area (Å²) in [5.74, 6) is 1.84. The summed E-state index contributed by atoms with van der Waals surface area (Å²) in [5, 5.41) is 0. The number of ether oxygens (including phenoxy) is 1. The van der Waals surface area contributed by atoms with Crippen molar-refractivity contribution >= 4 is 97.4 Å². The number of benzene rings is 8. The largest absolute Gasteiger partial charge is 0.458 e. The summed E-state index contributed by atoms with van der Waals surface area (Å²) >= 11 is 0. The second-order valence-corrected chi connectivity index (χ2v) is 19.4. The molecular weight excluding hydrogens is 752 g/mol. The highest BCUT2D eigenvalue weighted by molar-refractivity contribution is 7.02. The molecule has 0 saturated carbocycles.